The molecule has 0 aliphatic carbocycles. The highest BCUT2D eigenvalue weighted by Gasteiger charge is 2.41. The molecule has 0 saturated carbocycles. The van der Waals surface area contributed by atoms with Crippen LogP contribution < -0.4 is 15.5 Å². The number of hydrogen-bond acceptors (Lipinski definition) is 4. The van der Waals surface area contributed by atoms with Crippen molar-refractivity contribution in [3.63, 3.8) is 0 Å². The largest absolute Gasteiger partial charge is 0.323 e. The van der Waals surface area contributed by atoms with Crippen molar-refractivity contribution in [3.05, 3.63) is 53.3 Å². The van der Waals surface area contributed by atoms with Crippen LogP contribution in [0.3, 0.4) is 0 Å². The minimum Gasteiger partial charge on any atom is -0.323 e. The van der Waals surface area contributed by atoms with Crippen molar-refractivity contribution < 1.29 is 9.59 Å². The SMILES string of the molecule is Cc1ncccc1CNCc1ccc2c(c1)NC(=O)C(C)(C)C(=O)N2C. The fourth-order valence-electron chi connectivity index (χ4n) is 3.04. The lowest BCUT2D eigenvalue weighted by molar-refractivity contribution is -0.136. The van der Waals surface area contributed by atoms with E-state index in [0.29, 0.717) is 24.5 Å². The van der Waals surface area contributed by atoms with Gasteiger partial charge in [0.05, 0.1) is 11.4 Å². The number of carbonyl (C=O) groups excluding carboxylic acids is 2. The maximum absolute atomic E-state index is 12.5. The van der Waals surface area contributed by atoms with Gasteiger partial charge in [0.25, 0.3) is 0 Å². The fourth-order valence-corrected chi connectivity index (χ4v) is 3.04. The number of nitrogens with zero attached hydrogens (tertiary/aromatic N) is 2. The van der Waals surface area contributed by atoms with Crippen molar-refractivity contribution in [3.8, 4) is 0 Å². The zero-order valence-corrected chi connectivity index (χ0v) is 15.6. The lowest BCUT2D eigenvalue weighted by Crippen LogP contribution is -2.43. The summed E-state index contributed by atoms with van der Waals surface area (Å²) in [6.45, 7) is 6.65. The van der Waals surface area contributed by atoms with Crippen LogP contribution in [0.5, 0.6) is 0 Å². The summed E-state index contributed by atoms with van der Waals surface area (Å²) < 4.78 is 0. The zero-order chi connectivity index (χ0) is 18.9. The summed E-state index contributed by atoms with van der Waals surface area (Å²) in [5.74, 6) is -0.504. The molecule has 1 aliphatic heterocycles. The lowest BCUT2D eigenvalue weighted by Gasteiger charge is -2.24. The van der Waals surface area contributed by atoms with Gasteiger partial charge in [-0.05, 0) is 50.1 Å². The normalized spacial score (nSPS) is 16.1. The molecule has 3 rings (SSSR count). The summed E-state index contributed by atoms with van der Waals surface area (Å²) in [6.07, 6.45) is 1.78. The number of anilines is 2. The first-order chi connectivity index (χ1) is 12.3. The maximum Gasteiger partial charge on any atom is 0.241 e. The van der Waals surface area contributed by atoms with Crippen LogP contribution in [0.15, 0.2) is 36.5 Å². The van der Waals surface area contributed by atoms with Crippen molar-refractivity contribution in [2.24, 2.45) is 5.41 Å². The van der Waals surface area contributed by atoms with Gasteiger partial charge >= 0.3 is 0 Å². The number of pyridine rings is 1. The average molecular weight is 352 g/mol. The molecular formula is C20H24N4O2. The van der Waals surface area contributed by atoms with E-state index in [0.717, 1.165) is 16.8 Å². The molecule has 2 amide bonds. The van der Waals surface area contributed by atoms with Gasteiger partial charge in [0, 0.05) is 32.0 Å². The van der Waals surface area contributed by atoms with Gasteiger partial charge in [-0.25, -0.2) is 0 Å². The Kier molecular flexibility index (Phi) is 4.78. The molecule has 0 unspecified atom stereocenters. The molecule has 136 valence electrons. The number of amides is 2. The Labute approximate surface area is 153 Å². The number of fused-ring (bicyclic) bond motifs is 1. The summed E-state index contributed by atoms with van der Waals surface area (Å²) in [5.41, 5.74) is 3.48. The van der Waals surface area contributed by atoms with E-state index in [9.17, 15) is 9.59 Å². The fraction of sp³-hybridized carbons (Fsp3) is 0.350. The van der Waals surface area contributed by atoms with Gasteiger partial charge in [0.15, 0.2) is 0 Å². The van der Waals surface area contributed by atoms with Crippen LogP contribution in [0.4, 0.5) is 11.4 Å². The Hall–Kier alpha value is -2.73. The van der Waals surface area contributed by atoms with Crippen molar-refractivity contribution in [1.29, 1.82) is 0 Å². The van der Waals surface area contributed by atoms with Crippen LogP contribution in [-0.2, 0) is 22.7 Å². The summed E-state index contributed by atoms with van der Waals surface area (Å²) in [7, 11) is 1.70. The Morgan fingerprint density at radius 2 is 1.96 bits per heavy atom. The first kappa shape index (κ1) is 18.1. The molecule has 2 N–H and O–H groups in total. The number of aryl methyl sites for hydroxylation is 1. The van der Waals surface area contributed by atoms with E-state index in [1.54, 1.807) is 32.0 Å². The quantitative estimate of drug-likeness (QED) is 0.830. The molecule has 0 atom stereocenters. The molecule has 0 spiro atoms. The van der Waals surface area contributed by atoms with Crippen LogP contribution in [0.1, 0.15) is 30.7 Å². The van der Waals surface area contributed by atoms with Crippen molar-refractivity contribution in [2.75, 3.05) is 17.3 Å². The predicted octanol–water partition coefficient (Wildman–Crippen LogP) is 2.62. The summed E-state index contributed by atoms with van der Waals surface area (Å²) >= 11 is 0. The second kappa shape index (κ2) is 6.88. The minimum absolute atomic E-state index is 0.216. The molecule has 0 fully saturated rings. The summed E-state index contributed by atoms with van der Waals surface area (Å²) in [6, 6.07) is 9.74. The Morgan fingerprint density at radius 1 is 1.19 bits per heavy atom. The highest BCUT2D eigenvalue weighted by atomic mass is 16.2. The molecule has 0 saturated heterocycles. The smallest absolute Gasteiger partial charge is 0.241 e. The number of nitrogens with one attached hydrogen (secondary N) is 2. The van der Waals surface area contributed by atoms with E-state index in [1.165, 1.54) is 0 Å². The monoisotopic (exact) mass is 352 g/mol. The molecule has 2 heterocycles. The second-order valence-electron chi connectivity index (χ2n) is 7.15. The number of aromatic nitrogens is 1. The van der Waals surface area contributed by atoms with Gasteiger partial charge < -0.3 is 15.5 Å². The highest BCUT2D eigenvalue weighted by molar-refractivity contribution is 6.19. The molecule has 6 heteroatoms. The van der Waals surface area contributed by atoms with Crippen molar-refractivity contribution in [2.45, 2.75) is 33.9 Å². The van der Waals surface area contributed by atoms with Gasteiger partial charge in [-0.15, -0.1) is 0 Å². The average Bonchev–Trinajstić information content (AvgIpc) is 2.67. The zero-order valence-electron chi connectivity index (χ0n) is 15.6. The van der Waals surface area contributed by atoms with Crippen LogP contribution in [0, 0.1) is 12.3 Å². The Morgan fingerprint density at radius 3 is 2.69 bits per heavy atom. The standard InChI is InChI=1S/C20H24N4O2/c1-13-15(6-5-9-22-13)12-21-11-14-7-8-17-16(10-14)23-18(25)20(2,3)19(26)24(17)4/h5-10,21H,11-12H2,1-4H3,(H,23,25). The molecule has 1 aromatic carbocycles. The van der Waals surface area contributed by atoms with Crippen LogP contribution in [0.2, 0.25) is 0 Å². The molecule has 1 aliphatic rings. The Balaban J connectivity index is 1.76. The van der Waals surface area contributed by atoms with Gasteiger partial charge in [0.2, 0.25) is 11.8 Å². The highest BCUT2D eigenvalue weighted by Crippen LogP contribution is 2.34. The molecular weight excluding hydrogens is 328 g/mol. The summed E-state index contributed by atoms with van der Waals surface area (Å²) in [4.78, 5) is 30.8. The van der Waals surface area contributed by atoms with Crippen LogP contribution in [0.25, 0.3) is 0 Å². The topological polar surface area (TPSA) is 74.3 Å². The number of rotatable bonds is 4. The van der Waals surface area contributed by atoms with Crippen LogP contribution in [-0.4, -0.2) is 23.8 Å². The number of hydrogen-bond donors (Lipinski definition) is 2. The molecule has 0 radical (unpaired) electrons. The van der Waals surface area contributed by atoms with Gasteiger partial charge in [-0.2, -0.15) is 0 Å². The molecule has 1 aromatic heterocycles. The number of benzene rings is 1. The molecule has 0 bridgehead atoms. The molecule has 26 heavy (non-hydrogen) atoms. The van der Waals surface area contributed by atoms with Gasteiger partial charge in [-0.3, -0.25) is 14.6 Å². The van der Waals surface area contributed by atoms with Gasteiger partial charge in [0.1, 0.15) is 5.41 Å². The first-order valence-corrected chi connectivity index (χ1v) is 8.64. The maximum atomic E-state index is 12.5. The summed E-state index contributed by atoms with van der Waals surface area (Å²) in [5, 5.41) is 6.29. The first-order valence-electron chi connectivity index (χ1n) is 8.64. The van der Waals surface area contributed by atoms with Crippen molar-refractivity contribution in [1.82, 2.24) is 10.3 Å². The second-order valence-corrected chi connectivity index (χ2v) is 7.15. The van der Waals surface area contributed by atoms with Crippen molar-refractivity contribution >= 4 is 23.2 Å². The molecule has 6 nitrogen and oxygen atoms in total. The third-order valence-electron chi connectivity index (χ3n) is 4.84. The molecule has 2 aromatic rings. The van der Waals surface area contributed by atoms with E-state index < -0.39 is 5.41 Å². The Bertz CT molecular complexity index is 861. The number of carbonyl (C=O) groups is 2. The van der Waals surface area contributed by atoms with Crippen LogP contribution >= 0.6 is 0 Å². The van der Waals surface area contributed by atoms with E-state index in [1.807, 2.05) is 31.2 Å². The van der Waals surface area contributed by atoms with Gasteiger partial charge in [-0.1, -0.05) is 12.1 Å². The van der Waals surface area contributed by atoms with E-state index in [4.69, 9.17) is 0 Å². The van der Waals surface area contributed by atoms with E-state index in [2.05, 4.69) is 21.7 Å². The van der Waals surface area contributed by atoms with E-state index >= 15 is 0 Å². The predicted molar refractivity (Wildman–Crippen MR) is 102 cm³/mol. The third-order valence-corrected chi connectivity index (χ3v) is 4.84. The minimum atomic E-state index is -1.09. The third kappa shape index (κ3) is 3.32. The van der Waals surface area contributed by atoms with E-state index in [-0.39, 0.29) is 11.8 Å². The lowest BCUT2D eigenvalue weighted by atomic mass is 9.91.